The lowest BCUT2D eigenvalue weighted by atomic mass is 10.1. The molecule has 7 nitrogen and oxygen atoms in total. The fourth-order valence-corrected chi connectivity index (χ4v) is 3.37. The standard InChI is InChI=1S/C14H23N2O5P/c1-3-20-22(19,21-4-2)10-16-13(14(15)18)9-11-5-7-12(17)8-6-11/h5-8,13,16-17H,3-4,9-10H2,1-2H3,(H2,15,18)/t13-/m0/s1. The minimum absolute atomic E-state index is 0.0969. The van der Waals surface area contributed by atoms with Crippen molar-refractivity contribution in [3.63, 3.8) is 0 Å². The second kappa shape index (κ2) is 8.90. The van der Waals surface area contributed by atoms with Gasteiger partial charge in [0.2, 0.25) is 5.91 Å². The maximum atomic E-state index is 12.3. The third-order valence-electron chi connectivity index (χ3n) is 2.90. The van der Waals surface area contributed by atoms with Crippen LogP contribution in [0.15, 0.2) is 24.3 Å². The molecule has 1 aromatic rings. The summed E-state index contributed by atoms with van der Waals surface area (Å²) in [6, 6.07) is 5.73. The number of aromatic hydroxyl groups is 1. The Balaban J connectivity index is 2.69. The van der Waals surface area contributed by atoms with Crippen molar-refractivity contribution in [2.45, 2.75) is 26.3 Å². The summed E-state index contributed by atoms with van der Waals surface area (Å²) in [5, 5.41) is 12.1. The van der Waals surface area contributed by atoms with Crippen LogP contribution in [0.4, 0.5) is 0 Å². The van der Waals surface area contributed by atoms with Crippen molar-refractivity contribution in [3.05, 3.63) is 29.8 Å². The summed E-state index contributed by atoms with van der Waals surface area (Å²) in [7, 11) is -3.28. The number of carbonyl (C=O) groups is 1. The smallest absolute Gasteiger partial charge is 0.344 e. The number of primary amides is 1. The Labute approximate surface area is 130 Å². The summed E-state index contributed by atoms with van der Waals surface area (Å²) in [6.45, 7) is 3.93. The maximum absolute atomic E-state index is 12.3. The Bertz CT molecular complexity index is 510. The molecule has 0 bridgehead atoms. The van der Waals surface area contributed by atoms with Gasteiger partial charge in [0.15, 0.2) is 0 Å². The maximum Gasteiger partial charge on any atom is 0.344 e. The van der Waals surface area contributed by atoms with Crippen LogP contribution in [0.5, 0.6) is 5.75 Å². The molecule has 22 heavy (non-hydrogen) atoms. The first-order chi connectivity index (χ1) is 10.4. The van der Waals surface area contributed by atoms with E-state index in [4.69, 9.17) is 14.8 Å². The lowest BCUT2D eigenvalue weighted by Crippen LogP contribution is -2.43. The number of amides is 1. The molecule has 0 aromatic heterocycles. The van der Waals surface area contributed by atoms with Gasteiger partial charge in [-0.2, -0.15) is 0 Å². The number of phenolic OH excluding ortho intramolecular Hbond substituents is 1. The van der Waals surface area contributed by atoms with Gasteiger partial charge in [-0.15, -0.1) is 0 Å². The van der Waals surface area contributed by atoms with E-state index in [1.54, 1.807) is 26.0 Å². The van der Waals surface area contributed by atoms with Gasteiger partial charge in [-0.3, -0.25) is 14.7 Å². The summed E-state index contributed by atoms with van der Waals surface area (Å²) in [4.78, 5) is 11.5. The van der Waals surface area contributed by atoms with E-state index in [-0.39, 0.29) is 25.2 Å². The highest BCUT2D eigenvalue weighted by atomic mass is 31.2. The van der Waals surface area contributed by atoms with Gasteiger partial charge >= 0.3 is 7.60 Å². The van der Waals surface area contributed by atoms with E-state index < -0.39 is 19.5 Å². The molecule has 0 saturated carbocycles. The van der Waals surface area contributed by atoms with Crippen LogP contribution in [0.3, 0.4) is 0 Å². The zero-order chi connectivity index (χ0) is 16.6. The Morgan fingerprint density at radius 3 is 2.27 bits per heavy atom. The molecule has 1 aromatic carbocycles. The molecule has 1 amide bonds. The fraction of sp³-hybridized carbons (Fsp3) is 0.500. The zero-order valence-electron chi connectivity index (χ0n) is 12.8. The van der Waals surface area contributed by atoms with Crippen molar-refractivity contribution in [1.82, 2.24) is 5.32 Å². The van der Waals surface area contributed by atoms with Crippen molar-refractivity contribution in [2.75, 3.05) is 19.5 Å². The van der Waals surface area contributed by atoms with Gasteiger partial charge in [0, 0.05) is 0 Å². The van der Waals surface area contributed by atoms with Crippen molar-refractivity contribution in [3.8, 4) is 5.75 Å². The number of carbonyl (C=O) groups excluding carboxylic acids is 1. The molecule has 0 saturated heterocycles. The monoisotopic (exact) mass is 330 g/mol. The zero-order valence-corrected chi connectivity index (χ0v) is 13.7. The predicted molar refractivity (Wildman–Crippen MR) is 83.7 cm³/mol. The first-order valence-electron chi connectivity index (χ1n) is 7.09. The van der Waals surface area contributed by atoms with Gasteiger partial charge < -0.3 is 19.9 Å². The quantitative estimate of drug-likeness (QED) is 0.562. The van der Waals surface area contributed by atoms with Crippen LogP contribution in [0.25, 0.3) is 0 Å². The molecule has 1 atom stereocenters. The topological polar surface area (TPSA) is 111 Å². The van der Waals surface area contributed by atoms with E-state index >= 15 is 0 Å². The lowest BCUT2D eigenvalue weighted by molar-refractivity contribution is -0.119. The highest BCUT2D eigenvalue weighted by Gasteiger charge is 2.26. The highest BCUT2D eigenvalue weighted by molar-refractivity contribution is 7.53. The van der Waals surface area contributed by atoms with Gasteiger partial charge in [0.1, 0.15) is 5.75 Å². The third-order valence-corrected chi connectivity index (χ3v) is 4.78. The van der Waals surface area contributed by atoms with Crippen LogP contribution in [-0.2, 0) is 24.8 Å². The molecule has 0 aliphatic carbocycles. The minimum atomic E-state index is -3.28. The molecule has 4 N–H and O–H groups in total. The van der Waals surface area contributed by atoms with E-state index in [9.17, 15) is 14.5 Å². The van der Waals surface area contributed by atoms with E-state index in [1.165, 1.54) is 12.1 Å². The summed E-state index contributed by atoms with van der Waals surface area (Å²) in [5.41, 5.74) is 6.19. The van der Waals surface area contributed by atoms with Crippen molar-refractivity contribution >= 4 is 13.5 Å². The number of nitrogens with two attached hydrogens (primary N) is 1. The van der Waals surface area contributed by atoms with Crippen LogP contribution in [0, 0.1) is 0 Å². The molecule has 0 spiro atoms. The summed E-state index contributed by atoms with van der Waals surface area (Å²) in [5.74, 6) is -0.419. The first kappa shape index (κ1) is 18.6. The third kappa shape index (κ3) is 6.15. The molecular weight excluding hydrogens is 307 g/mol. The molecule has 1 rings (SSSR count). The minimum Gasteiger partial charge on any atom is -0.508 e. The van der Waals surface area contributed by atoms with E-state index in [2.05, 4.69) is 5.32 Å². The number of rotatable bonds is 10. The SMILES string of the molecule is CCOP(=O)(CN[C@@H](Cc1ccc(O)cc1)C(N)=O)OCC. The van der Waals surface area contributed by atoms with Gasteiger partial charge in [-0.1, -0.05) is 12.1 Å². The predicted octanol–water partition coefficient (Wildman–Crippen LogP) is 1.60. The summed E-state index contributed by atoms with van der Waals surface area (Å²) < 4.78 is 22.6. The van der Waals surface area contributed by atoms with Crippen LogP contribution < -0.4 is 11.1 Å². The average Bonchev–Trinajstić information content (AvgIpc) is 2.45. The molecule has 0 aliphatic heterocycles. The number of nitrogens with one attached hydrogen (secondary N) is 1. The van der Waals surface area contributed by atoms with Gasteiger partial charge in [0.05, 0.1) is 25.5 Å². The Morgan fingerprint density at radius 2 is 1.82 bits per heavy atom. The Kier molecular flexibility index (Phi) is 7.55. The van der Waals surface area contributed by atoms with Crippen molar-refractivity contribution < 1.29 is 23.5 Å². The number of phenols is 1. The second-order valence-corrected chi connectivity index (χ2v) is 6.69. The number of hydrogen-bond donors (Lipinski definition) is 3. The first-order valence-corrected chi connectivity index (χ1v) is 8.81. The van der Waals surface area contributed by atoms with Gasteiger partial charge in [-0.05, 0) is 38.0 Å². The number of benzene rings is 1. The summed E-state index contributed by atoms with van der Waals surface area (Å²) >= 11 is 0. The van der Waals surface area contributed by atoms with Crippen LogP contribution in [-0.4, -0.2) is 36.6 Å². The fourth-order valence-electron chi connectivity index (χ4n) is 1.89. The lowest BCUT2D eigenvalue weighted by Gasteiger charge is -2.21. The molecular formula is C14H23N2O5P. The molecule has 0 unspecified atom stereocenters. The van der Waals surface area contributed by atoms with Crippen LogP contribution in [0.2, 0.25) is 0 Å². The average molecular weight is 330 g/mol. The van der Waals surface area contributed by atoms with Crippen LogP contribution in [0.1, 0.15) is 19.4 Å². The highest BCUT2D eigenvalue weighted by Crippen LogP contribution is 2.46. The van der Waals surface area contributed by atoms with Gasteiger partial charge in [-0.25, -0.2) is 0 Å². The molecule has 0 heterocycles. The Hall–Kier alpha value is -1.40. The molecule has 0 radical (unpaired) electrons. The van der Waals surface area contributed by atoms with Crippen LogP contribution >= 0.6 is 7.60 Å². The second-order valence-electron chi connectivity index (χ2n) is 4.63. The normalized spacial score (nSPS) is 13.0. The van der Waals surface area contributed by atoms with E-state index in [0.29, 0.717) is 6.42 Å². The largest absolute Gasteiger partial charge is 0.508 e. The summed E-state index contributed by atoms with van der Waals surface area (Å²) in [6.07, 6.45) is 0.217. The molecule has 0 aliphatic rings. The van der Waals surface area contributed by atoms with Crippen molar-refractivity contribution in [2.24, 2.45) is 5.73 Å². The Morgan fingerprint density at radius 1 is 1.27 bits per heavy atom. The molecule has 0 fully saturated rings. The van der Waals surface area contributed by atoms with E-state index in [0.717, 1.165) is 5.56 Å². The van der Waals surface area contributed by atoms with Gasteiger partial charge in [0.25, 0.3) is 0 Å². The molecule has 124 valence electrons. The molecule has 8 heteroatoms. The van der Waals surface area contributed by atoms with Crippen molar-refractivity contribution in [1.29, 1.82) is 0 Å². The van der Waals surface area contributed by atoms with E-state index in [1.807, 2.05) is 0 Å². The number of hydrogen-bond acceptors (Lipinski definition) is 6.